The van der Waals surface area contributed by atoms with E-state index in [9.17, 15) is 18.5 Å². The molecule has 0 unspecified atom stereocenters. The van der Waals surface area contributed by atoms with Gasteiger partial charge in [-0.25, -0.2) is 18.2 Å². The fourth-order valence-corrected chi connectivity index (χ4v) is 5.51. The summed E-state index contributed by atoms with van der Waals surface area (Å²) in [7, 11) is -3.09. The second-order valence-corrected chi connectivity index (χ2v) is 10.4. The molecule has 1 saturated heterocycles. The Morgan fingerprint density at radius 2 is 1.58 bits per heavy atom. The minimum absolute atomic E-state index is 0.00336. The molecule has 0 amide bonds. The Hall–Kier alpha value is -4.47. The Labute approximate surface area is 218 Å². The van der Waals surface area contributed by atoms with Crippen LogP contribution in [0.3, 0.4) is 0 Å². The predicted molar refractivity (Wildman–Crippen MR) is 136 cm³/mol. The summed E-state index contributed by atoms with van der Waals surface area (Å²) in [5.41, 5.74) is 1.95. The molecule has 38 heavy (non-hydrogen) atoms. The highest BCUT2D eigenvalue weighted by molar-refractivity contribution is 7.89. The van der Waals surface area contributed by atoms with Crippen LogP contribution in [0.15, 0.2) is 68.5 Å². The van der Waals surface area contributed by atoms with Gasteiger partial charge in [-0.3, -0.25) is 0 Å². The number of esters is 1. The van der Waals surface area contributed by atoms with E-state index in [-0.39, 0.29) is 43.6 Å². The van der Waals surface area contributed by atoms with Crippen LogP contribution in [0.25, 0.3) is 22.9 Å². The van der Waals surface area contributed by atoms with Crippen LogP contribution in [0.5, 0.6) is 0 Å². The summed E-state index contributed by atoms with van der Waals surface area (Å²) in [6.07, 6.45) is 0. The van der Waals surface area contributed by atoms with Crippen molar-refractivity contribution < 1.29 is 26.8 Å². The second-order valence-electron chi connectivity index (χ2n) is 8.55. The molecule has 1 aliphatic heterocycles. The number of piperazine rings is 1. The molecule has 1 fully saturated rings. The molecule has 1 aliphatic rings. The third-order valence-electron chi connectivity index (χ3n) is 6.11. The number of methoxy groups -OCH3 is 1. The van der Waals surface area contributed by atoms with Crippen molar-refractivity contribution in [2.45, 2.75) is 12.0 Å². The maximum Gasteiger partial charge on any atom is 0.361 e. The lowest BCUT2D eigenvalue weighted by Gasteiger charge is -2.33. The van der Waals surface area contributed by atoms with E-state index in [0.717, 1.165) is 18.2 Å². The van der Waals surface area contributed by atoms with Gasteiger partial charge in [0, 0.05) is 37.3 Å². The van der Waals surface area contributed by atoms with Gasteiger partial charge in [-0.05, 0) is 31.2 Å². The summed E-state index contributed by atoms with van der Waals surface area (Å²) < 4.78 is 44.6. The van der Waals surface area contributed by atoms with Crippen LogP contribution in [-0.2, 0) is 14.8 Å². The Balaban J connectivity index is 1.40. The first-order valence-electron chi connectivity index (χ1n) is 11.7. The van der Waals surface area contributed by atoms with E-state index in [0.29, 0.717) is 11.5 Å². The van der Waals surface area contributed by atoms with Crippen molar-refractivity contribution in [1.29, 1.82) is 5.26 Å². The van der Waals surface area contributed by atoms with Crippen LogP contribution in [0.4, 0.5) is 5.88 Å². The zero-order valence-corrected chi connectivity index (χ0v) is 21.4. The highest BCUT2D eigenvalue weighted by Crippen LogP contribution is 2.31. The molecular weight excluding hydrogens is 510 g/mol. The molecule has 4 aromatic rings. The van der Waals surface area contributed by atoms with Gasteiger partial charge in [0.25, 0.3) is 15.1 Å². The fourth-order valence-electron chi connectivity index (χ4n) is 4.08. The quantitative estimate of drug-likeness (QED) is 0.338. The molecule has 3 heterocycles. The lowest BCUT2D eigenvalue weighted by Crippen LogP contribution is -2.49. The summed E-state index contributed by atoms with van der Waals surface area (Å²) >= 11 is 0. The van der Waals surface area contributed by atoms with Gasteiger partial charge in [0.2, 0.25) is 29.1 Å². The average molecular weight is 534 g/mol. The molecule has 0 saturated carbocycles. The minimum atomic E-state index is -4.24. The maximum absolute atomic E-state index is 13.6. The summed E-state index contributed by atoms with van der Waals surface area (Å²) in [6, 6.07) is 18.3. The number of anilines is 1. The topological polar surface area (TPSA) is 143 Å². The van der Waals surface area contributed by atoms with E-state index in [2.05, 4.69) is 9.97 Å². The van der Waals surface area contributed by atoms with Gasteiger partial charge in [-0.2, -0.15) is 14.6 Å². The molecule has 0 bridgehead atoms. The molecule has 0 aliphatic carbocycles. The Morgan fingerprint density at radius 1 is 0.947 bits per heavy atom. The fraction of sp³-hybridized carbons (Fsp3) is 0.231. The number of nitriles is 1. The number of carbonyl (C=O) groups excluding carboxylic acids is 1. The smallest absolute Gasteiger partial charge is 0.361 e. The second kappa shape index (κ2) is 10.1. The van der Waals surface area contributed by atoms with E-state index in [1.165, 1.54) is 4.31 Å². The number of ether oxygens (including phenoxy) is 1. The number of hydrogen-bond donors (Lipinski definition) is 0. The van der Waals surface area contributed by atoms with Crippen molar-refractivity contribution >= 4 is 21.9 Å². The third-order valence-corrected chi connectivity index (χ3v) is 7.90. The number of sulfonamides is 1. The molecule has 0 N–H and O–H groups in total. The SMILES string of the molecule is COC(=O)c1nc(-c2ccc(C)cc2)oc1S(=O)(=O)N1CCN(c2oc(-c3ccccc3)nc2C#N)CC1. The van der Waals surface area contributed by atoms with Crippen LogP contribution in [0.1, 0.15) is 21.7 Å². The van der Waals surface area contributed by atoms with Gasteiger partial charge >= 0.3 is 5.97 Å². The molecule has 5 rings (SSSR count). The van der Waals surface area contributed by atoms with E-state index in [1.54, 1.807) is 17.0 Å². The Morgan fingerprint density at radius 3 is 2.21 bits per heavy atom. The minimum Gasteiger partial charge on any atom is -0.464 e. The summed E-state index contributed by atoms with van der Waals surface area (Å²) in [5, 5.41) is 9.02. The molecule has 2 aromatic carbocycles. The van der Waals surface area contributed by atoms with Crippen molar-refractivity contribution in [3.8, 4) is 29.0 Å². The summed E-state index contributed by atoms with van der Waals surface area (Å²) in [6.45, 7) is 2.47. The first kappa shape index (κ1) is 25.2. The molecule has 12 heteroatoms. The lowest BCUT2D eigenvalue weighted by molar-refractivity contribution is 0.0587. The van der Waals surface area contributed by atoms with Gasteiger partial charge in [0.1, 0.15) is 6.07 Å². The van der Waals surface area contributed by atoms with Crippen LogP contribution < -0.4 is 4.90 Å². The highest BCUT2D eigenvalue weighted by atomic mass is 32.2. The van der Waals surface area contributed by atoms with Crippen LogP contribution in [-0.4, -0.2) is 61.9 Å². The maximum atomic E-state index is 13.6. The zero-order valence-electron chi connectivity index (χ0n) is 20.6. The Kier molecular flexibility index (Phi) is 6.71. The van der Waals surface area contributed by atoms with Crippen molar-refractivity contribution in [2.75, 3.05) is 38.2 Å². The van der Waals surface area contributed by atoms with Crippen molar-refractivity contribution in [2.24, 2.45) is 0 Å². The molecule has 2 aromatic heterocycles. The van der Waals surface area contributed by atoms with Crippen LogP contribution in [0, 0.1) is 18.3 Å². The molecule has 11 nitrogen and oxygen atoms in total. The first-order chi connectivity index (χ1) is 18.3. The van der Waals surface area contributed by atoms with E-state index in [4.69, 9.17) is 13.6 Å². The normalized spacial score (nSPS) is 14.3. The van der Waals surface area contributed by atoms with E-state index >= 15 is 0 Å². The van der Waals surface area contributed by atoms with E-state index < -0.39 is 26.8 Å². The Bertz CT molecular complexity index is 1610. The third kappa shape index (κ3) is 4.65. The zero-order chi connectivity index (χ0) is 26.9. The van der Waals surface area contributed by atoms with Crippen molar-refractivity contribution in [1.82, 2.24) is 14.3 Å². The average Bonchev–Trinajstić information content (AvgIpc) is 3.59. The molecule has 194 valence electrons. The number of aryl methyl sites for hydroxylation is 1. The number of carbonyl (C=O) groups is 1. The predicted octanol–water partition coefficient (Wildman–Crippen LogP) is 3.47. The number of nitrogens with zero attached hydrogens (tertiary/aromatic N) is 5. The number of oxazole rings is 2. The highest BCUT2D eigenvalue weighted by Gasteiger charge is 2.38. The van der Waals surface area contributed by atoms with Crippen LogP contribution >= 0.6 is 0 Å². The molecule has 0 atom stereocenters. The molecular formula is C26H23N5O6S. The number of hydrogen-bond acceptors (Lipinski definition) is 10. The van der Waals surface area contributed by atoms with Gasteiger partial charge in [0.15, 0.2) is 0 Å². The van der Waals surface area contributed by atoms with Gasteiger partial charge < -0.3 is 18.5 Å². The molecule has 0 spiro atoms. The molecule has 0 radical (unpaired) electrons. The van der Waals surface area contributed by atoms with Gasteiger partial charge in [-0.1, -0.05) is 35.9 Å². The summed E-state index contributed by atoms with van der Waals surface area (Å²) in [5.74, 6) is -0.338. The van der Waals surface area contributed by atoms with Crippen molar-refractivity contribution in [3.63, 3.8) is 0 Å². The van der Waals surface area contributed by atoms with Gasteiger partial charge in [0.05, 0.1) is 7.11 Å². The largest absolute Gasteiger partial charge is 0.464 e. The van der Waals surface area contributed by atoms with Crippen molar-refractivity contribution in [3.05, 3.63) is 71.5 Å². The van der Waals surface area contributed by atoms with Crippen LogP contribution in [0.2, 0.25) is 0 Å². The number of benzene rings is 2. The number of rotatable bonds is 6. The number of aromatic nitrogens is 2. The summed E-state index contributed by atoms with van der Waals surface area (Å²) in [4.78, 5) is 22.6. The van der Waals surface area contributed by atoms with E-state index in [1.807, 2.05) is 55.5 Å². The monoisotopic (exact) mass is 533 g/mol. The lowest BCUT2D eigenvalue weighted by atomic mass is 10.1. The standard InChI is InChI=1S/C26H23N5O6S/c1-17-8-10-19(11-9-17)23-29-21(25(32)35-2)26(37-23)38(33,34)31-14-12-30(13-15-31)24-20(16-27)28-22(36-24)18-6-4-3-5-7-18/h3-11H,12-15H2,1-2H3. The van der Waals surface area contributed by atoms with Gasteiger partial charge in [-0.15, -0.1) is 0 Å². The first-order valence-corrected chi connectivity index (χ1v) is 13.1.